The first-order valence-electron chi connectivity index (χ1n) is 3.38. The van der Waals surface area contributed by atoms with E-state index in [2.05, 4.69) is 0 Å². The average Bonchev–Trinajstić information content (AvgIpc) is 1.98. The molecule has 0 saturated heterocycles. The Balaban J connectivity index is 0.00000121. The fourth-order valence-corrected chi connectivity index (χ4v) is 0.862. The maximum absolute atomic E-state index is 12.5. The quantitative estimate of drug-likeness (QED) is 0.763. The summed E-state index contributed by atoms with van der Waals surface area (Å²) in [5, 5.41) is 0. The van der Waals surface area contributed by atoms with Gasteiger partial charge in [0, 0.05) is 0 Å². The van der Waals surface area contributed by atoms with Crippen LogP contribution in [-0.2, 0) is 6.42 Å². The van der Waals surface area contributed by atoms with Gasteiger partial charge in [-0.05, 0) is 30.7 Å². The highest BCUT2D eigenvalue weighted by atomic mass is 35.5. The van der Waals surface area contributed by atoms with Crippen LogP contribution in [-0.4, -0.2) is 6.54 Å². The lowest BCUT2D eigenvalue weighted by Gasteiger charge is -1.98. The molecule has 4 heteroatoms. The summed E-state index contributed by atoms with van der Waals surface area (Å²) >= 11 is 0. The van der Waals surface area contributed by atoms with Crippen molar-refractivity contribution in [2.45, 2.75) is 6.42 Å². The lowest BCUT2D eigenvalue weighted by Crippen LogP contribution is -2.03. The summed E-state index contributed by atoms with van der Waals surface area (Å²) in [4.78, 5) is 0. The predicted molar refractivity (Wildman–Crippen MR) is 46.4 cm³/mol. The predicted octanol–water partition coefficient (Wildman–Crippen LogP) is 1.89. The van der Waals surface area contributed by atoms with Gasteiger partial charge in [-0.3, -0.25) is 0 Å². The SMILES string of the molecule is Cl.NCCc1ccc(F)c(F)c1. The highest BCUT2D eigenvalue weighted by Crippen LogP contribution is 2.08. The van der Waals surface area contributed by atoms with Crippen LogP contribution < -0.4 is 5.73 Å². The average molecular weight is 194 g/mol. The summed E-state index contributed by atoms with van der Waals surface area (Å²) in [5.74, 6) is -1.62. The molecule has 0 heterocycles. The Kier molecular flexibility index (Phi) is 4.78. The van der Waals surface area contributed by atoms with E-state index in [0.717, 1.165) is 11.6 Å². The van der Waals surface area contributed by atoms with Gasteiger partial charge in [0.25, 0.3) is 0 Å². The normalized spacial score (nSPS) is 9.25. The van der Waals surface area contributed by atoms with Gasteiger partial charge in [0.15, 0.2) is 11.6 Å². The number of halogens is 3. The molecule has 68 valence electrons. The minimum absolute atomic E-state index is 0. The second-order valence-corrected chi connectivity index (χ2v) is 2.29. The fourth-order valence-electron chi connectivity index (χ4n) is 0.862. The third-order valence-corrected chi connectivity index (χ3v) is 1.42. The monoisotopic (exact) mass is 193 g/mol. The molecular formula is C8H10ClF2N. The maximum Gasteiger partial charge on any atom is 0.159 e. The first-order chi connectivity index (χ1) is 5.24. The van der Waals surface area contributed by atoms with Crippen LogP contribution in [0.3, 0.4) is 0 Å². The van der Waals surface area contributed by atoms with Crippen LogP contribution in [0.15, 0.2) is 18.2 Å². The molecular weight excluding hydrogens is 184 g/mol. The third-order valence-electron chi connectivity index (χ3n) is 1.42. The molecule has 0 saturated carbocycles. The highest BCUT2D eigenvalue weighted by molar-refractivity contribution is 5.85. The molecule has 0 bridgehead atoms. The van der Waals surface area contributed by atoms with Gasteiger partial charge in [0.2, 0.25) is 0 Å². The van der Waals surface area contributed by atoms with Crippen molar-refractivity contribution in [3.8, 4) is 0 Å². The lowest BCUT2D eigenvalue weighted by atomic mass is 10.1. The van der Waals surface area contributed by atoms with Crippen molar-refractivity contribution in [2.24, 2.45) is 5.73 Å². The molecule has 0 aromatic heterocycles. The van der Waals surface area contributed by atoms with Gasteiger partial charge in [0.05, 0.1) is 0 Å². The number of rotatable bonds is 2. The Hall–Kier alpha value is -0.670. The smallest absolute Gasteiger partial charge is 0.159 e. The van der Waals surface area contributed by atoms with Crippen LogP contribution in [0, 0.1) is 11.6 Å². The second-order valence-electron chi connectivity index (χ2n) is 2.29. The molecule has 0 aliphatic carbocycles. The van der Waals surface area contributed by atoms with E-state index in [1.165, 1.54) is 12.1 Å². The van der Waals surface area contributed by atoms with Crippen molar-refractivity contribution >= 4 is 12.4 Å². The van der Waals surface area contributed by atoms with Gasteiger partial charge in [0.1, 0.15) is 0 Å². The second kappa shape index (κ2) is 5.06. The molecule has 1 aromatic carbocycles. The van der Waals surface area contributed by atoms with Crippen LogP contribution >= 0.6 is 12.4 Å². The first kappa shape index (κ1) is 11.3. The van der Waals surface area contributed by atoms with E-state index < -0.39 is 11.6 Å². The van der Waals surface area contributed by atoms with Crippen molar-refractivity contribution in [2.75, 3.05) is 6.54 Å². The van der Waals surface area contributed by atoms with E-state index in [1.807, 2.05) is 0 Å². The summed E-state index contributed by atoms with van der Waals surface area (Å²) in [5.41, 5.74) is 5.96. The number of benzene rings is 1. The van der Waals surface area contributed by atoms with E-state index in [9.17, 15) is 8.78 Å². The summed E-state index contributed by atoms with van der Waals surface area (Å²) in [6.07, 6.45) is 0.581. The Bertz CT molecular complexity index is 253. The molecule has 1 nitrogen and oxygen atoms in total. The lowest BCUT2D eigenvalue weighted by molar-refractivity contribution is 0.507. The molecule has 0 fully saturated rings. The molecule has 0 aliphatic heterocycles. The van der Waals surface area contributed by atoms with Crippen molar-refractivity contribution < 1.29 is 8.78 Å². The summed E-state index contributed by atoms with van der Waals surface area (Å²) in [6.45, 7) is 0.449. The molecule has 0 spiro atoms. The minimum Gasteiger partial charge on any atom is -0.330 e. The topological polar surface area (TPSA) is 26.0 Å². The van der Waals surface area contributed by atoms with Gasteiger partial charge in [-0.2, -0.15) is 0 Å². The van der Waals surface area contributed by atoms with Crippen LogP contribution in [0.4, 0.5) is 8.78 Å². The number of nitrogens with two attached hydrogens (primary N) is 1. The summed E-state index contributed by atoms with van der Waals surface area (Å²) < 4.78 is 24.8. The zero-order valence-corrected chi connectivity index (χ0v) is 7.20. The molecule has 2 N–H and O–H groups in total. The van der Waals surface area contributed by atoms with E-state index in [0.29, 0.717) is 13.0 Å². The Morgan fingerprint density at radius 1 is 1.17 bits per heavy atom. The zero-order valence-electron chi connectivity index (χ0n) is 6.39. The third kappa shape index (κ3) is 2.75. The molecule has 12 heavy (non-hydrogen) atoms. The van der Waals surface area contributed by atoms with Gasteiger partial charge in [-0.15, -0.1) is 12.4 Å². The minimum atomic E-state index is -0.814. The number of hydrogen-bond acceptors (Lipinski definition) is 1. The zero-order chi connectivity index (χ0) is 8.27. The molecule has 1 rings (SSSR count). The largest absolute Gasteiger partial charge is 0.330 e. The van der Waals surface area contributed by atoms with Gasteiger partial charge < -0.3 is 5.73 Å². The Labute approximate surface area is 76.0 Å². The maximum atomic E-state index is 12.5. The standard InChI is InChI=1S/C8H9F2N.ClH/c9-7-2-1-6(3-4-11)5-8(7)10;/h1-2,5H,3-4,11H2;1H. The Morgan fingerprint density at radius 2 is 1.83 bits per heavy atom. The van der Waals surface area contributed by atoms with Crippen molar-refractivity contribution in [3.63, 3.8) is 0 Å². The van der Waals surface area contributed by atoms with E-state index >= 15 is 0 Å². The highest BCUT2D eigenvalue weighted by Gasteiger charge is 2.00. The number of hydrogen-bond donors (Lipinski definition) is 1. The molecule has 0 aliphatic rings. The van der Waals surface area contributed by atoms with Crippen molar-refractivity contribution in [3.05, 3.63) is 35.4 Å². The molecule has 1 aromatic rings. The first-order valence-corrected chi connectivity index (χ1v) is 3.38. The molecule has 0 atom stereocenters. The van der Waals surface area contributed by atoms with E-state index in [4.69, 9.17) is 5.73 Å². The van der Waals surface area contributed by atoms with Gasteiger partial charge >= 0.3 is 0 Å². The van der Waals surface area contributed by atoms with Gasteiger partial charge in [-0.25, -0.2) is 8.78 Å². The van der Waals surface area contributed by atoms with Crippen molar-refractivity contribution in [1.29, 1.82) is 0 Å². The molecule has 0 radical (unpaired) electrons. The fraction of sp³-hybridized carbons (Fsp3) is 0.250. The molecule has 0 unspecified atom stereocenters. The van der Waals surface area contributed by atoms with Crippen LogP contribution in [0.5, 0.6) is 0 Å². The van der Waals surface area contributed by atoms with Crippen LogP contribution in [0.25, 0.3) is 0 Å². The van der Waals surface area contributed by atoms with E-state index in [1.54, 1.807) is 0 Å². The van der Waals surface area contributed by atoms with Crippen molar-refractivity contribution in [1.82, 2.24) is 0 Å². The van der Waals surface area contributed by atoms with Gasteiger partial charge in [-0.1, -0.05) is 6.07 Å². The summed E-state index contributed by atoms with van der Waals surface area (Å²) in [6, 6.07) is 3.81. The van der Waals surface area contributed by atoms with Crippen LogP contribution in [0.1, 0.15) is 5.56 Å². The summed E-state index contributed by atoms with van der Waals surface area (Å²) in [7, 11) is 0. The van der Waals surface area contributed by atoms with Crippen LogP contribution in [0.2, 0.25) is 0 Å². The molecule has 0 amide bonds. The Morgan fingerprint density at radius 3 is 2.33 bits per heavy atom. The van der Waals surface area contributed by atoms with E-state index in [-0.39, 0.29) is 12.4 Å².